The summed E-state index contributed by atoms with van der Waals surface area (Å²) in [6.07, 6.45) is 1.21. The van der Waals surface area contributed by atoms with Crippen molar-refractivity contribution < 1.29 is 8.42 Å². The van der Waals surface area contributed by atoms with E-state index in [1.165, 1.54) is 11.8 Å². The Morgan fingerprint density at radius 2 is 1.67 bits per heavy atom. The van der Waals surface area contributed by atoms with Gasteiger partial charge in [-0.05, 0) is 12.5 Å². The molecule has 0 saturated carbocycles. The van der Waals surface area contributed by atoms with E-state index >= 15 is 0 Å². The van der Waals surface area contributed by atoms with Gasteiger partial charge in [-0.2, -0.15) is 0 Å². The molecule has 1 aromatic rings. The minimum atomic E-state index is -3.11. The van der Waals surface area contributed by atoms with Gasteiger partial charge in [-0.25, -0.2) is 13.1 Å². The molecule has 6 heteroatoms. The highest BCUT2D eigenvalue weighted by atomic mass is 32.2. The summed E-state index contributed by atoms with van der Waals surface area (Å²) in [5.74, 6) is 0. The molecule has 1 fully saturated rings. The van der Waals surface area contributed by atoms with Gasteiger partial charge in [0, 0.05) is 45.3 Å². The number of sulfonamides is 1. The van der Waals surface area contributed by atoms with Crippen LogP contribution in [0.25, 0.3) is 0 Å². The maximum Gasteiger partial charge on any atom is 0.208 e. The van der Waals surface area contributed by atoms with E-state index in [0.29, 0.717) is 0 Å². The number of hydrogen-bond donors (Lipinski definition) is 1. The van der Waals surface area contributed by atoms with Crippen LogP contribution in [0.3, 0.4) is 0 Å². The monoisotopic (exact) mass is 311 g/mol. The van der Waals surface area contributed by atoms with Crippen LogP contribution < -0.4 is 4.72 Å². The van der Waals surface area contributed by atoms with Crippen molar-refractivity contribution in [1.29, 1.82) is 0 Å². The molecule has 1 aromatic carbocycles. The zero-order valence-electron chi connectivity index (χ0n) is 12.8. The molecule has 2 rings (SSSR count). The molecule has 0 unspecified atom stereocenters. The van der Waals surface area contributed by atoms with Gasteiger partial charge < -0.3 is 0 Å². The first-order chi connectivity index (χ1) is 9.92. The molecule has 0 aliphatic carbocycles. The third-order valence-corrected chi connectivity index (χ3v) is 4.49. The number of nitrogens with zero attached hydrogens (tertiary/aromatic N) is 2. The van der Waals surface area contributed by atoms with Crippen molar-refractivity contribution in [3.05, 3.63) is 35.9 Å². The van der Waals surface area contributed by atoms with Crippen LogP contribution in [0.5, 0.6) is 0 Å². The molecular formula is C15H25N3O2S. The van der Waals surface area contributed by atoms with Crippen LogP contribution >= 0.6 is 0 Å². The van der Waals surface area contributed by atoms with Gasteiger partial charge in [-0.3, -0.25) is 9.80 Å². The van der Waals surface area contributed by atoms with Gasteiger partial charge in [0.15, 0.2) is 0 Å². The Labute approximate surface area is 128 Å². The highest BCUT2D eigenvalue weighted by Crippen LogP contribution is 2.08. The van der Waals surface area contributed by atoms with Crippen molar-refractivity contribution in [3.8, 4) is 0 Å². The van der Waals surface area contributed by atoms with E-state index in [9.17, 15) is 8.42 Å². The molecule has 0 radical (unpaired) electrons. The van der Waals surface area contributed by atoms with Crippen molar-refractivity contribution in [3.63, 3.8) is 0 Å². The van der Waals surface area contributed by atoms with Gasteiger partial charge in [0.05, 0.1) is 6.26 Å². The minimum Gasteiger partial charge on any atom is -0.299 e. The fraction of sp³-hybridized carbons (Fsp3) is 0.600. The number of benzene rings is 1. The van der Waals surface area contributed by atoms with E-state index in [4.69, 9.17) is 0 Å². The van der Waals surface area contributed by atoms with Crippen LogP contribution in [0, 0.1) is 0 Å². The topological polar surface area (TPSA) is 52.6 Å². The Morgan fingerprint density at radius 3 is 2.24 bits per heavy atom. The van der Waals surface area contributed by atoms with Gasteiger partial charge in [-0.1, -0.05) is 30.3 Å². The highest BCUT2D eigenvalue weighted by Gasteiger charge is 2.19. The number of hydrogen-bond acceptors (Lipinski definition) is 4. The van der Waals surface area contributed by atoms with Crippen LogP contribution in [0.4, 0.5) is 0 Å². The van der Waals surface area contributed by atoms with Gasteiger partial charge in [0.2, 0.25) is 10.0 Å². The Hall–Kier alpha value is -0.950. The predicted octanol–water partition coefficient (Wildman–Crippen LogP) is 0.742. The smallest absolute Gasteiger partial charge is 0.208 e. The van der Waals surface area contributed by atoms with Crippen molar-refractivity contribution >= 4 is 10.0 Å². The molecular weight excluding hydrogens is 286 g/mol. The second kappa shape index (κ2) is 7.35. The van der Waals surface area contributed by atoms with Crippen LogP contribution in [0.1, 0.15) is 12.5 Å². The van der Waals surface area contributed by atoms with E-state index < -0.39 is 10.0 Å². The maximum absolute atomic E-state index is 11.2. The summed E-state index contributed by atoms with van der Waals surface area (Å²) in [6, 6.07) is 10.5. The lowest BCUT2D eigenvalue weighted by Gasteiger charge is -2.35. The lowest BCUT2D eigenvalue weighted by molar-refractivity contribution is 0.122. The van der Waals surface area contributed by atoms with E-state index in [2.05, 4.69) is 38.8 Å². The van der Waals surface area contributed by atoms with E-state index in [1.54, 1.807) is 0 Å². The first-order valence-corrected chi connectivity index (χ1v) is 9.27. The normalized spacial score (nSPS) is 19.5. The number of piperazine rings is 1. The average Bonchev–Trinajstić information content (AvgIpc) is 2.40. The second-order valence-corrected chi connectivity index (χ2v) is 7.63. The standard InChI is InChI=1S/C15H25N3O2S/c1-14(16-21(2,19)20)12-17-8-10-18(11-9-17)13-15-6-4-3-5-7-15/h3-7,14,16H,8-13H2,1-2H3/t14-/m0/s1. The zero-order valence-corrected chi connectivity index (χ0v) is 13.6. The lowest BCUT2D eigenvalue weighted by atomic mass is 10.2. The molecule has 21 heavy (non-hydrogen) atoms. The molecule has 0 spiro atoms. The van der Waals surface area contributed by atoms with Crippen molar-refractivity contribution in [2.45, 2.75) is 19.5 Å². The minimum absolute atomic E-state index is 0.0410. The molecule has 0 aromatic heterocycles. The first-order valence-electron chi connectivity index (χ1n) is 7.38. The largest absolute Gasteiger partial charge is 0.299 e. The molecule has 1 aliphatic rings. The predicted molar refractivity (Wildman–Crippen MR) is 85.6 cm³/mol. The van der Waals surface area contributed by atoms with E-state index in [-0.39, 0.29) is 6.04 Å². The van der Waals surface area contributed by atoms with Crippen molar-refractivity contribution in [2.24, 2.45) is 0 Å². The fourth-order valence-electron chi connectivity index (χ4n) is 2.76. The Bertz CT molecular complexity index is 525. The highest BCUT2D eigenvalue weighted by molar-refractivity contribution is 7.88. The van der Waals surface area contributed by atoms with Crippen LogP contribution in [-0.4, -0.2) is 63.2 Å². The summed E-state index contributed by atoms with van der Waals surface area (Å²) in [5, 5.41) is 0. The summed E-state index contributed by atoms with van der Waals surface area (Å²) < 4.78 is 25.0. The molecule has 0 amide bonds. The Balaban J connectivity index is 1.73. The lowest BCUT2D eigenvalue weighted by Crippen LogP contribution is -2.50. The maximum atomic E-state index is 11.2. The number of rotatable bonds is 6. The van der Waals surface area contributed by atoms with Crippen LogP contribution in [0.2, 0.25) is 0 Å². The molecule has 1 aliphatic heterocycles. The summed E-state index contributed by atoms with van der Waals surface area (Å²) in [5.41, 5.74) is 1.35. The first kappa shape index (κ1) is 16.4. The van der Waals surface area contributed by atoms with Gasteiger partial charge >= 0.3 is 0 Å². The SMILES string of the molecule is C[C@@H](CN1CCN(Cc2ccccc2)CC1)NS(C)(=O)=O. The molecule has 118 valence electrons. The van der Waals surface area contributed by atoms with Gasteiger partial charge in [-0.15, -0.1) is 0 Å². The molecule has 1 heterocycles. The van der Waals surface area contributed by atoms with Crippen LogP contribution in [0.15, 0.2) is 30.3 Å². The Morgan fingerprint density at radius 1 is 1.10 bits per heavy atom. The third-order valence-electron chi connectivity index (χ3n) is 3.66. The summed E-state index contributed by atoms with van der Waals surface area (Å²) >= 11 is 0. The van der Waals surface area contributed by atoms with E-state index in [1.807, 2.05) is 13.0 Å². The molecule has 5 nitrogen and oxygen atoms in total. The second-order valence-electron chi connectivity index (χ2n) is 5.85. The zero-order chi connectivity index (χ0) is 15.3. The number of nitrogens with one attached hydrogen (secondary N) is 1. The average molecular weight is 311 g/mol. The van der Waals surface area contributed by atoms with Crippen molar-refractivity contribution in [2.75, 3.05) is 39.0 Å². The van der Waals surface area contributed by atoms with Gasteiger partial charge in [0.1, 0.15) is 0 Å². The quantitative estimate of drug-likeness (QED) is 0.842. The molecule has 0 bridgehead atoms. The van der Waals surface area contributed by atoms with E-state index in [0.717, 1.165) is 39.3 Å². The third kappa shape index (κ3) is 6.13. The molecule has 1 saturated heterocycles. The fourth-order valence-corrected chi connectivity index (χ4v) is 3.57. The summed E-state index contributed by atoms with van der Waals surface area (Å²) in [4.78, 5) is 4.77. The summed E-state index contributed by atoms with van der Waals surface area (Å²) in [6.45, 7) is 7.71. The Kier molecular flexibility index (Phi) is 5.75. The summed E-state index contributed by atoms with van der Waals surface area (Å²) in [7, 11) is -3.11. The van der Waals surface area contributed by atoms with Gasteiger partial charge in [0.25, 0.3) is 0 Å². The molecule has 1 N–H and O–H groups in total. The van der Waals surface area contributed by atoms with Crippen molar-refractivity contribution in [1.82, 2.24) is 14.5 Å². The van der Waals surface area contributed by atoms with Crippen LogP contribution in [-0.2, 0) is 16.6 Å². The molecule has 1 atom stereocenters.